The van der Waals surface area contributed by atoms with Gasteiger partial charge in [0.05, 0.1) is 12.6 Å². The molecular weight excluding hydrogens is 270 g/mol. The first kappa shape index (κ1) is 15.3. The van der Waals surface area contributed by atoms with E-state index in [0.717, 1.165) is 13.2 Å². The highest BCUT2D eigenvalue weighted by atomic mass is 16.5. The molecule has 0 unspecified atom stereocenters. The van der Waals surface area contributed by atoms with Crippen LogP contribution in [-0.2, 0) is 4.74 Å². The van der Waals surface area contributed by atoms with Crippen molar-refractivity contribution in [3.63, 3.8) is 0 Å². The van der Waals surface area contributed by atoms with Crippen LogP contribution in [0, 0.1) is 0 Å². The van der Waals surface area contributed by atoms with Crippen LogP contribution in [0.4, 0.5) is 0 Å². The minimum atomic E-state index is 0.330. The summed E-state index contributed by atoms with van der Waals surface area (Å²) >= 11 is 0. The highest BCUT2D eigenvalue weighted by Gasteiger charge is 2.30. The fraction of sp³-hybridized carbons (Fsp3) is 0.400. The molecule has 2 aromatic carbocycles. The summed E-state index contributed by atoms with van der Waals surface area (Å²) in [6, 6.07) is 22.5. The highest BCUT2D eigenvalue weighted by molar-refractivity contribution is 5.23. The van der Waals surface area contributed by atoms with Gasteiger partial charge in [0.1, 0.15) is 0 Å². The summed E-state index contributed by atoms with van der Waals surface area (Å²) in [4.78, 5) is 2.64. The van der Waals surface area contributed by atoms with E-state index in [4.69, 9.17) is 4.74 Å². The van der Waals surface area contributed by atoms with Crippen LogP contribution < -0.4 is 0 Å². The number of methoxy groups -OCH3 is 1. The molecule has 0 amide bonds. The molecule has 0 saturated carbocycles. The zero-order valence-electron chi connectivity index (χ0n) is 13.3. The van der Waals surface area contributed by atoms with Crippen molar-refractivity contribution in [1.82, 2.24) is 4.90 Å². The van der Waals surface area contributed by atoms with E-state index in [1.807, 2.05) is 0 Å². The van der Waals surface area contributed by atoms with Crippen molar-refractivity contribution in [2.45, 2.75) is 31.3 Å². The van der Waals surface area contributed by atoms with E-state index in [9.17, 15) is 0 Å². The molecule has 0 spiro atoms. The zero-order chi connectivity index (χ0) is 15.2. The molecule has 2 atom stereocenters. The first-order valence-electron chi connectivity index (χ1n) is 8.24. The van der Waals surface area contributed by atoms with E-state index in [-0.39, 0.29) is 0 Å². The van der Waals surface area contributed by atoms with Gasteiger partial charge in [-0.3, -0.25) is 4.90 Å². The molecule has 1 saturated heterocycles. The normalized spacial score (nSPS) is 20.7. The molecule has 2 nitrogen and oxygen atoms in total. The summed E-state index contributed by atoms with van der Waals surface area (Å²) in [5.41, 5.74) is 2.78. The molecule has 2 heteroatoms. The van der Waals surface area contributed by atoms with Gasteiger partial charge in [-0.1, -0.05) is 67.1 Å². The minimum Gasteiger partial charge on any atom is -0.383 e. The third kappa shape index (κ3) is 3.40. The average molecular weight is 295 g/mol. The Bertz CT molecular complexity index is 554. The van der Waals surface area contributed by atoms with Gasteiger partial charge in [-0.25, -0.2) is 0 Å². The number of benzene rings is 2. The summed E-state index contributed by atoms with van der Waals surface area (Å²) in [6.07, 6.45) is 3.82. The van der Waals surface area contributed by atoms with Gasteiger partial charge in [-0.15, -0.1) is 0 Å². The first-order chi connectivity index (χ1) is 10.9. The van der Waals surface area contributed by atoms with Crippen molar-refractivity contribution in [3.05, 3.63) is 71.8 Å². The Morgan fingerprint density at radius 2 is 1.68 bits per heavy atom. The third-order valence-corrected chi connectivity index (χ3v) is 4.64. The summed E-state index contributed by atoms with van der Waals surface area (Å²) in [5, 5.41) is 0. The molecule has 22 heavy (non-hydrogen) atoms. The number of likely N-dealkylation sites (tertiary alicyclic amines) is 1. The lowest BCUT2D eigenvalue weighted by atomic mass is 9.92. The smallest absolute Gasteiger partial charge is 0.0660 e. The van der Waals surface area contributed by atoms with E-state index in [1.54, 1.807) is 7.11 Å². The van der Waals surface area contributed by atoms with Crippen LogP contribution in [-0.4, -0.2) is 25.2 Å². The van der Waals surface area contributed by atoms with Crippen LogP contribution in [0.5, 0.6) is 0 Å². The second kappa shape index (κ2) is 7.57. The first-order valence-corrected chi connectivity index (χ1v) is 8.24. The summed E-state index contributed by atoms with van der Waals surface area (Å²) in [5.74, 6) is 0. The topological polar surface area (TPSA) is 12.5 Å². The predicted octanol–water partition coefficient (Wildman–Crippen LogP) is 4.60. The quantitative estimate of drug-likeness (QED) is 0.799. The lowest BCUT2D eigenvalue weighted by molar-refractivity contribution is 0.0387. The second-order valence-corrected chi connectivity index (χ2v) is 6.04. The van der Waals surface area contributed by atoms with Gasteiger partial charge in [0.25, 0.3) is 0 Å². The Hall–Kier alpha value is -1.64. The third-order valence-electron chi connectivity index (χ3n) is 4.64. The maximum Gasteiger partial charge on any atom is 0.0660 e. The Labute approximate surface area is 133 Å². The summed E-state index contributed by atoms with van der Waals surface area (Å²) in [6.45, 7) is 1.88. The maximum atomic E-state index is 5.55. The number of piperidine rings is 1. The Morgan fingerprint density at radius 3 is 2.36 bits per heavy atom. The van der Waals surface area contributed by atoms with Gasteiger partial charge in [0.2, 0.25) is 0 Å². The van der Waals surface area contributed by atoms with Crippen LogP contribution in [0.15, 0.2) is 60.7 Å². The minimum absolute atomic E-state index is 0.330. The van der Waals surface area contributed by atoms with Crippen LogP contribution in [0.1, 0.15) is 42.5 Å². The molecule has 3 rings (SSSR count). The van der Waals surface area contributed by atoms with E-state index < -0.39 is 0 Å². The number of rotatable bonds is 5. The van der Waals surface area contributed by atoms with Crippen LogP contribution in [0.3, 0.4) is 0 Å². The molecule has 1 fully saturated rings. The SMILES string of the molecule is COC[C@@H](c1ccccc1)N1CCCC[C@@H]1c1ccccc1. The molecule has 1 heterocycles. The molecule has 1 aliphatic heterocycles. The van der Waals surface area contributed by atoms with Gasteiger partial charge in [0.15, 0.2) is 0 Å². The number of nitrogens with zero attached hydrogens (tertiary/aromatic N) is 1. The van der Waals surface area contributed by atoms with Gasteiger partial charge in [-0.2, -0.15) is 0 Å². The average Bonchev–Trinajstić information content (AvgIpc) is 2.61. The lowest BCUT2D eigenvalue weighted by Gasteiger charge is -2.41. The maximum absolute atomic E-state index is 5.55. The van der Waals surface area contributed by atoms with Gasteiger partial charge in [-0.05, 0) is 30.5 Å². The molecular formula is C20H25NO. The Kier molecular flexibility index (Phi) is 5.25. The monoisotopic (exact) mass is 295 g/mol. The molecule has 1 aliphatic rings. The molecule has 0 N–H and O–H groups in total. The molecule has 116 valence electrons. The van der Waals surface area contributed by atoms with Crippen LogP contribution in [0.25, 0.3) is 0 Å². The van der Waals surface area contributed by atoms with Gasteiger partial charge < -0.3 is 4.74 Å². The van der Waals surface area contributed by atoms with Crippen molar-refractivity contribution in [2.75, 3.05) is 20.3 Å². The van der Waals surface area contributed by atoms with Gasteiger partial charge >= 0.3 is 0 Å². The molecule has 0 aromatic heterocycles. The molecule has 2 aromatic rings. The Morgan fingerprint density at radius 1 is 1.00 bits per heavy atom. The summed E-state index contributed by atoms with van der Waals surface area (Å²) < 4.78 is 5.55. The Balaban J connectivity index is 1.90. The fourth-order valence-corrected chi connectivity index (χ4v) is 3.58. The number of hydrogen-bond donors (Lipinski definition) is 0. The largest absolute Gasteiger partial charge is 0.383 e. The van der Waals surface area contributed by atoms with E-state index in [1.165, 1.54) is 30.4 Å². The second-order valence-electron chi connectivity index (χ2n) is 6.04. The molecule has 0 aliphatic carbocycles. The van der Waals surface area contributed by atoms with Crippen molar-refractivity contribution in [2.24, 2.45) is 0 Å². The summed E-state index contributed by atoms with van der Waals surface area (Å²) in [7, 11) is 1.80. The number of ether oxygens (including phenoxy) is 1. The van der Waals surface area contributed by atoms with Crippen molar-refractivity contribution in [3.8, 4) is 0 Å². The van der Waals surface area contributed by atoms with Crippen molar-refractivity contribution >= 4 is 0 Å². The van der Waals surface area contributed by atoms with Crippen molar-refractivity contribution < 1.29 is 4.74 Å². The fourth-order valence-electron chi connectivity index (χ4n) is 3.58. The standard InChI is InChI=1S/C20H25NO/c1-22-16-20(18-12-6-3-7-13-18)21-15-9-8-14-19(21)17-10-4-2-5-11-17/h2-7,10-13,19-20H,8-9,14-16H2,1H3/t19-,20+/m1/s1. The van der Waals surface area contributed by atoms with E-state index in [2.05, 4.69) is 65.6 Å². The van der Waals surface area contributed by atoms with Crippen LogP contribution >= 0.6 is 0 Å². The van der Waals surface area contributed by atoms with E-state index >= 15 is 0 Å². The zero-order valence-corrected chi connectivity index (χ0v) is 13.3. The van der Waals surface area contributed by atoms with E-state index in [0.29, 0.717) is 12.1 Å². The lowest BCUT2D eigenvalue weighted by Crippen LogP contribution is -2.38. The molecule has 0 bridgehead atoms. The molecule has 0 radical (unpaired) electrons. The number of hydrogen-bond acceptors (Lipinski definition) is 2. The predicted molar refractivity (Wildman–Crippen MR) is 90.8 cm³/mol. The highest BCUT2D eigenvalue weighted by Crippen LogP contribution is 2.37. The van der Waals surface area contributed by atoms with Crippen molar-refractivity contribution in [1.29, 1.82) is 0 Å². The van der Waals surface area contributed by atoms with Crippen LogP contribution in [0.2, 0.25) is 0 Å². The van der Waals surface area contributed by atoms with Gasteiger partial charge in [0, 0.05) is 13.2 Å².